The van der Waals surface area contributed by atoms with Crippen LogP contribution < -0.4 is 11.1 Å². The van der Waals surface area contributed by atoms with Gasteiger partial charge in [-0.05, 0) is 32.2 Å². The predicted octanol–water partition coefficient (Wildman–Crippen LogP) is 1.27. The van der Waals surface area contributed by atoms with Crippen LogP contribution in [0.15, 0.2) is 18.2 Å². The summed E-state index contributed by atoms with van der Waals surface area (Å²) in [4.78, 5) is 10.9. The molecule has 1 amide bonds. The Labute approximate surface area is 92.6 Å². The fourth-order valence-corrected chi connectivity index (χ4v) is 1.59. The second-order valence-electron chi connectivity index (χ2n) is 3.85. The zero-order valence-corrected chi connectivity index (χ0v) is 9.18. The third-order valence-electron chi connectivity index (χ3n) is 2.60. The van der Waals surface area contributed by atoms with Crippen LogP contribution in [-0.2, 0) is 10.3 Å². The van der Waals surface area contributed by atoms with Crippen molar-refractivity contribution in [3.05, 3.63) is 35.4 Å². The first-order valence-electron chi connectivity index (χ1n) is 4.82. The molecule has 0 fully saturated rings. The minimum atomic E-state index is -1.00. The maximum absolute atomic E-state index is 13.5. The van der Waals surface area contributed by atoms with Crippen molar-refractivity contribution in [1.29, 1.82) is 0 Å². The number of halogens is 2. The highest BCUT2D eigenvalue weighted by molar-refractivity contribution is 5.75. The van der Waals surface area contributed by atoms with Crippen LogP contribution in [0.3, 0.4) is 0 Å². The SMILES string of the molecule is CNC(C)(CC(N)=O)c1cc(F)ccc1F. The largest absolute Gasteiger partial charge is 0.370 e. The van der Waals surface area contributed by atoms with E-state index in [1.165, 1.54) is 0 Å². The highest BCUT2D eigenvalue weighted by Crippen LogP contribution is 2.27. The van der Waals surface area contributed by atoms with Crippen LogP contribution in [0.1, 0.15) is 18.9 Å². The standard InChI is InChI=1S/C11H14F2N2O/c1-11(15-2,6-10(14)16)8-5-7(12)3-4-9(8)13/h3-5,15H,6H2,1-2H3,(H2,14,16). The number of primary amides is 1. The maximum Gasteiger partial charge on any atom is 0.219 e. The number of rotatable bonds is 4. The molecule has 0 saturated heterocycles. The second kappa shape index (κ2) is 4.57. The van der Waals surface area contributed by atoms with E-state index in [0.29, 0.717) is 0 Å². The highest BCUT2D eigenvalue weighted by Gasteiger charge is 2.30. The smallest absolute Gasteiger partial charge is 0.219 e. The maximum atomic E-state index is 13.5. The summed E-state index contributed by atoms with van der Waals surface area (Å²) < 4.78 is 26.6. The zero-order valence-electron chi connectivity index (χ0n) is 9.18. The number of benzene rings is 1. The zero-order chi connectivity index (χ0) is 12.3. The molecule has 0 heterocycles. The number of hydrogen-bond donors (Lipinski definition) is 2. The number of amides is 1. The summed E-state index contributed by atoms with van der Waals surface area (Å²) in [6, 6.07) is 3.12. The van der Waals surface area contributed by atoms with Crippen molar-refractivity contribution >= 4 is 5.91 Å². The van der Waals surface area contributed by atoms with E-state index >= 15 is 0 Å². The van der Waals surface area contributed by atoms with E-state index in [4.69, 9.17) is 5.73 Å². The average molecular weight is 228 g/mol. The molecule has 5 heteroatoms. The van der Waals surface area contributed by atoms with Gasteiger partial charge >= 0.3 is 0 Å². The van der Waals surface area contributed by atoms with E-state index in [-0.39, 0.29) is 12.0 Å². The Bertz CT molecular complexity index is 409. The van der Waals surface area contributed by atoms with E-state index in [1.807, 2.05) is 0 Å². The van der Waals surface area contributed by atoms with Crippen molar-refractivity contribution in [2.45, 2.75) is 18.9 Å². The highest BCUT2D eigenvalue weighted by atomic mass is 19.1. The van der Waals surface area contributed by atoms with Gasteiger partial charge in [0.2, 0.25) is 5.91 Å². The molecule has 0 saturated carbocycles. The summed E-state index contributed by atoms with van der Waals surface area (Å²) in [5.41, 5.74) is 4.17. The lowest BCUT2D eigenvalue weighted by Gasteiger charge is -2.28. The van der Waals surface area contributed by atoms with E-state index < -0.39 is 23.1 Å². The molecule has 0 spiro atoms. The lowest BCUT2D eigenvalue weighted by Crippen LogP contribution is -2.41. The first-order valence-corrected chi connectivity index (χ1v) is 4.82. The first-order chi connectivity index (χ1) is 7.39. The van der Waals surface area contributed by atoms with Crippen LogP contribution in [0, 0.1) is 11.6 Å². The first kappa shape index (κ1) is 12.6. The molecule has 88 valence electrons. The van der Waals surface area contributed by atoms with Gasteiger partial charge < -0.3 is 11.1 Å². The van der Waals surface area contributed by atoms with Crippen LogP contribution in [0.2, 0.25) is 0 Å². The molecule has 0 aliphatic carbocycles. The van der Waals surface area contributed by atoms with Crippen LogP contribution in [0.5, 0.6) is 0 Å². The Balaban J connectivity index is 3.21. The molecule has 0 radical (unpaired) electrons. The van der Waals surface area contributed by atoms with Gasteiger partial charge in [0.1, 0.15) is 11.6 Å². The number of nitrogens with two attached hydrogens (primary N) is 1. The van der Waals surface area contributed by atoms with Gasteiger partial charge in [0, 0.05) is 12.0 Å². The van der Waals surface area contributed by atoms with E-state index in [2.05, 4.69) is 5.32 Å². The molecule has 1 atom stereocenters. The van der Waals surface area contributed by atoms with Crippen LogP contribution in [0.4, 0.5) is 8.78 Å². The normalized spacial score (nSPS) is 14.5. The molecule has 0 aliphatic rings. The summed E-state index contributed by atoms with van der Waals surface area (Å²) in [6.45, 7) is 1.59. The minimum absolute atomic E-state index is 0.0915. The number of nitrogens with one attached hydrogen (secondary N) is 1. The molecular weight excluding hydrogens is 214 g/mol. The molecule has 1 aromatic carbocycles. The summed E-state index contributed by atoms with van der Waals surface area (Å²) in [6.07, 6.45) is -0.107. The average Bonchev–Trinajstić information content (AvgIpc) is 2.20. The monoisotopic (exact) mass is 228 g/mol. The van der Waals surface area contributed by atoms with Gasteiger partial charge in [-0.1, -0.05) is 0 Å². The van der Waals surface area contributed by atoms with Crippen LogP contribution >= 0.6 is 0 Å². The lowest BCUT2D eigenvalue weighted by atomic mass is 9.88. The van der Waals surface area contributed by atoms with Crippen molar-refractivity contribution in [1.82, 2.24) is 5.32 Å². The molecule has 0 bridgehead atoms. The van der Waals surface area contributed by atoms with E-state index in [0.717, 1.165) is 18.2 Å². The van der Waals surface area contributed by atoms with E-state index in [9.17, 15) is 13.6 Å². The predicted molar refractivity (Wildman–Crippen MR) is 56.6 cm³/mol. The summed E-state index contributed by atoms with van der Waals surface area (Å²) >= 11 is 0. The van der Waals surface area contributed by atoms with Crippen LogP contribution in [-0.4, -0.2) is 13.0 Å². The molecule has 0 aliphatic heterocycles. The Morgan fingerprint density at radius 3 is 2.62 bits per heavy atom. The second-order valence-corrected chi connectivity index (χ2v) is 3.85. The Hall–Kier alpha value is -1.49. The lowest BCUT2D eigenvalue weighted by molar-refractivity contribution is -0.119. The van der Waals surface area contributed by atoms with Crippen molar-refractivity contribution in [2.24, 2.45) is 5.73 Å². The molecule has 3 nitrogen and oxygen atoms in total. The molecule has 0 aromatic heterocycles. The van der Waals surface area contributed by atoms with Gasteiger partial charge in [0.05, 0.1) is 5.54 Å². The van der Waals surface area contributed by atoms with E-state index in [1.54, 1.807) is 14.0 Å². The van der Waals surface area contributed by atoms with Crippen molar-refractivity contribution in [3.8, 4) is 0 Å². The molecule has 1 aromatic rings. The number of carbonyl (C=O) groups is 1. The van der Waals surface area contributed by atoms with Gasteiger partial charge in [0.15, 0.2) is 0 Å². The quantitative estimate of drug-likeness (QED) is 0.815. The fraction of sp³-hybridized carbons (Fsp3) is 0.364. The Kier molecular flexibility index (Phi) is 3.59. The van der Waals surface area contributed by atoms with Gasteiger partial charge in [-0.25, -0.2) is 8.78 Å². The molecule has 1 unspecified atom stereocenters. The third kappa shape index (κ3) is 2.55. The van der Waals surface area contributed by atoms with Gasteiger partial charge in [0.25, 0.3) is 0 Å². The van der Waals surface area contributed by atoms with Gasteiger partial charge in [-0.2, -0.15) is 0 Å². The summed E-state index contributed by atoms with van der Waals surface area (Å²) in [5, 5.41) is 2.79. The molecule has 3 N–H and O–H groups in total. The van der Waals surface area contributed by atoms with Crippen molar-refractivity contribution in [3.63, 3.8) is 0 Å². The molecule has 16 heavy (non-hydrogen) atoms. The Morgan fingerprint density at radius 1 is 1.50 bits per heavy atom. The number of hydrogen-bond acceptors (Lipinski definition) is 2. The fourth-order valence-electron chi connectivity index (χ4n) is 1.59. The van der Waals surface area contributed by atoms with Gasteiger partial charge in [-0.15, -0.1) is 0 Å². The topological polar surface area (TPSA) is 55.1 Å². The molecule has 1 rings (SSSR count). The molecular formula is C11H14F2N2O. The summed E-state index contributed by atoms with van der Waals surface area (Å²) in [7, 11) is 1.56. The van der Waals surface area contributed by atoms with Crippen LogP contribution in [0.25, 0.3) is 0 Å². The number of carbonyl (C=O) groups excluding carboxylic acids is 1. The van der Waals surface area contributed by atoms with Gasteiger partial charge in [-0.3, -0.25) is 4.79 Å². The summed E-state index contributed by atoms with van der Waals surface area (Å²) in [5.74, 6) is -1.71. The minimum Gasteiger partial charge on any atom is -0.370 e. The van der Waals surface area contributed by atoms with Crippen molar-refractivity contribution < 1.29 is 13.6 Å². The van der Waals surface area contributed by atoms with Crippen molar-refractivity contribution in [2.75, 3.05) is 7.05 Å². The Morgan fingerprint density at radius 2 is 2.12 bits per heavy atom. The third-order valence-corrected chi connectivity index (χ3v) is 2.60.